The number of halogens is 2. The molecule has 1 aromatic carbocycles. The summed E-state index contributed by atoms with van der Waals surface area (Å²) in [5.41, 5.74) is 1.79. The first-order valence-corrected chi connectivity index (χ1v) is 9.73. The Morgan fingerprint density at radius 2 is 2.16 bits per heavy atom. The number of carbonyl (C=O) groups is 1. The summed E-state index contributed by atoms with van der Waals surface area (Å²) in [7, 11) is 0. The molecule has 2 heterocycles. The molecule has 3 aromatic rings. The summed E-state index contributed by atoms with van der Waals surface area (Å²) < 4.78 is 15.8. The number of carboxylic acid groups (broad SMARTS) is 1. The quantitative estimate of drug-likeness (QED) is 0.577. The van der Waals surface area contributed by atoms with Crippen LogP contribution in [0.15, 0.2) is 40.2 Å². The first-order chi connectivity index (χ1) is 11.9. The van der Waals surface area contributed by atoms with Gasteiger partial charge in [0.15, 0.2) is 5.16 Å². The van der Waals surface area contributed by atoms with Crippen molar-refractivity contribution >= 4 is 45.0 Å². The number of aromatic nitrogens is 3. The standard InChI is InChI=1S/C16H13BrFN3O2S2/c1-8-6-12(25-13(8)10-4-3-5-11(18)7-10)21-15(17)19-20-16(21)24-9(2)14(22)23/h3-7,9H,1-2H3,(H,22,23). The topological polar surface area (TPSA) is 68.0 Å². The number of thioether (sulfide) groups is 1. The summed E-state index contributed by atoms with van der Waals surface area (Å²) >= 11 is 5.94. The van der Waals surface area contributed by atoms with Crippen molar-refractivity contribution in [2.45, 2.75) is 24.3 Å². The molecular weight excluding hydrogens is 429 g/mol. The highest BCUT2D eigenvalue weighted by Crippen LogP contribution is 2.37. The lowest BCUT2D eigenvalue weighted by Crippen LogP contribution is -2.12. The molecule has 0 aliphatic heterocycles. The Morgan fingerprint density at radius 3 is 2.84 bits per heavy atom. The Kier molecular flexibility index (Phi) is 5.26. The number of rotatable bonds is 5. The maximum Gasteiger partial charge on any atom is 0.316 e. The summed E-state index contributed by atoms with van der Waals surface area (Å²) in [5, 5.41) is 17.8. The Balaban J connectivity index is 2.03. The van der Waals surface area contributed by atoms with Gasteiger partial charge in [0.2, 0.25) is 4.73 Å². The van der Waals surface area contributed by atoms with Crippen molar-refractivity contribution in [3.8, 4) is 15.4 Å². The molecule has 0 radical (unpaired) electrons. The molecule has 0 aliphatic carbocycles. The maximum atomic E-state index is 13.5. The summed E-state index contributed by atoms with van der Waals surface area (Å²) in [6.45, 7) is 3.54. The van der Waals surface area contributed by atoms with Crippen LogP contribution in [0.1, 0.15) is 12.5 Å². The molecule has 0 saturated carbocycles. The Morgan fingerprint density at radius 1 is 1.40 bits per heavy atom. The van der Waals surface area contributed by atoms with Gasteiger partial charge in [-0.3, -0.25) is 9.36 Å². The third kappa shape index (κ3) is 3.78. The minimum absolute atomic E-state index is 0.288. The van der Waals surface area contributed by atoms with Gasteiger partial charge in [-0.15, -0.1) is 21.5 Å². The molecule has 130 valence electrons. The summed E-state index contributed by atoms with van der Waals surface area (Å²) in [6.07, 6.45) is 0. The molecule has 1 atom stereocenters. The number of nitrogens with zero attached hydrogens (tertiary/aromatic N) is 3. The minimum atomic E-state index is -0.918. The third-order valence-corrected chi connectivity index (χ3v) is 6.25. The lowest BCUT2D eigenvalue weighted by atomic mass is 10.1. The molecular formula is C16H13BrFN3O2S2. The predicted octanol–water partition coefficient (Wildman–Crippen LogP) is 4.77. The zero-order chi connectivity index (χ0) is 18.1. The molecule has 0 amide bonds. The molecule has 2 aromatic heterocycles. The fourth-order valence-corrected chi connectivity index (χ4v) is 4.91. The number of carboxylic acids is 1. The van der Waals surface area contributed by atoms with Gasteiger partial charge in [-0.25, -0.2) is 4.39 Å². The molecule has 0 saturated heterocycles. The van der Waals surface area contributed by atoms with E-state index in [0.29, 0.717) is 9.89 Å². The minimum Gasteiger partial charge on any atom is -0.480 e. The van der Waals surface area contributed by atoms with Crippen LogP contribution < -0.4 is 0 Å². The first-order valence-electron chi connectivity index (χ1n) is 7.24. The summed E-state index contributed by atoms with van der Waals surface area (Å²) in [4.78, 5) is 12.1. The fraction of sp³-hybridized carbons (Fsp3) is 0.188. The van der Waals surface area contributed by atoms with E-state index < -0.39 is 11.2 Å². The molecule has 5 nitrogen and oxygen atoms in total. The van der Waals surface area contributed by atoms with Gasteiger partial charge >= 0.3 is 5.97 Å². The SMILES string of the molecule is Cc1cc(-n2c(Br)nnc2SC(C)C(=O)O)sc1-c1cccc(F)c1. The number of hydrogen-bond donors (Lipinski definition) is 1. The highest BCUT2D eigenvalue weighted by atomic mass is 79.9. The predicted molar refractivity (Wildman–Crippen MR) is 100 cm³/mol. The monoisotopic (exact) mass is 441 g/mol. The maximum absolute atomic E-state index is 13.5. The van der Waals surface area contributed by atoms with Crippen LogP contribution in [-0.2, 0) is 4.79 Å². The zero-order valence-corrected chi connectivity index (χ0v) is 16.5. The fourth-order valence-electron chi connectivity index (χ4n) is 2.21. The average molecular weight is 442 g/mol. The van der Waals surface area contributed by atoms with Gasteiger partial charge in [-0.2, -0.15) is 0 Å². The van der Waals surface area contributed by atoms with Crippen LogP contribution in [0.2, 0.25) is 0 Å². The summed E-state index contributed by atoms with van der Waals surface area (Å²) in [5.74, 6) is -1.21. The van der Waals surface area contributed by atoms with E-state index in [4.69, 9.17) is 5.11 Å². The van der Waals surface area contributed by atoms with E-state index in [1.54, 1.807) is 17.6 Å². The number of benzene rings is 1. The van der Waals surface area contributed by atoms with E-state index >= 15 is 0 Å². The molecule has 9 heteroatoms. The second kappa shape index (κ2) is 7.27. The number of thiophene rings is 1. The van der Waals surface area contributed by atoms with E-state index in [9.17, 15) is 9.18 Å². The third-order valence-electron chi connectivity index (χ3n) is 3.44. The molecule has 0 spiro atoms. The lowest BCUT2D eigenvalue weighted by Gasteiger charge is -2.07. The lowest BCUT2D eigenvalue weighted by molar-refractivity contribution is -0.136. The Hall–Kier alpha value is -1.71. The van der Waals surface area contributed by atoms with Crippen LogP contribution in [0.5, 0.6) is 0 Å². The normalized spacial score (nSPS) is 12.3. The molecule has 25 heavy (non-hydrogen) atoms. The summed E-state index contributed by atoms with van der Waals surface area (Å²) in [6, 6.07) is 8.38. The molecule has 0 fully saturated rings. The van der Waals surface area contributed by atoms with Crippen molar-refractivity contribution in [1.29, 1.82) is 0 Å². The van der Waals surface area contributed by atoms with Crippen molar-refractivity contribution in [2.24, 2.45) is 0 Å². The van der Waals surface area contributed by atoms with E-state index in [1.165, 1.54) is 23.5 Å². The van der Waals surface area contributed by atoms with Gasteiger partial charge in [0.1, 0.15) is 16.1 Å². The van der Waals surface area contributed by atoms with E-state index in [1.807, 2.05) is 19.1 Å². The van der Waals surface area contributed by atoms with Crippen LogP contribution in [0.25, 0.3) is 15.4 Å². The van der Waals surface area contributed by atoms with Crippen LogP contribution in [-0.4, -0.2) is 31.1 Å². The number of aryl methyl sites for hydroxylation is 1. The molecule has 1 unspecified atom stereocenters. The van der Waals surface area contributed by atoms with E-state index in [-0.39, 0.29) is 5.82 Å². The largest absolute Gasteiger partial charge is 0.480 e. The van der Waals surface area contributed by atoms with Gasteiger partial charge in [0.25, 0.3) is 0 Å². The smallest absolute Gasteiger partial charge is 0.316 e. The molecule has 0 aliphatic rings. The van der Waals surface area contributed by atoms with Gasteiger partial charge < -0.3 is 5.11 Å². The first kappa shape index (κ1) is 18.1. The molecule has 3 rings (SSSR count). The van der Waals surface area contributed by atoms with Crippen LogP contribution in [0.4, 0.5) is 4.39 Å². The Bertz CT molecular complexity index is 941. The van der Waals surface area contributed by atoms with Crippen LogP contribution in [0.3, 0.4) is 0 Å². The van der Waals surface area contributed by atoms with Gasteiger partial charge in [-0.05, 0) is 59.1 Å². The van der Waals surface area contributed by atoms with E-state index in [0.717, 1.165) is 32.8 Å². The van der Waals surface area contributed by atoms with Crippen molar-refractivity contribution in [3.63, 3.8) is 0 Å². The second-order valence-electron chi connectivity index (χ2n) is 5.29. The van der Waals surface area contributed by atoms with Crippen LogP contribution >= 0.6 is 39.0 Å². The Labute approximate surface area is 160 Å². The average Bonchev–Trinajstić information content (AvgIpc) is 3.10. The highest BCUT2D eigenvalue weighted by Gasteiger charge is 2.21. The molecule has 1 N–H and O–H groups in total. The highest BCUT2D eigenvalue weighted by molar-refractivity contribution is 9.10. The molecule has 0 bridgehead atoms. The van der Waals surface area contributed by atoms with Gasteiger partial charge in [-0.1, -0.05) is 23.9 Å². The van der Waals surface area contributed by atoms with Crippen molar-refractivity contribution in [1.82, 2.24) is 14.8 Å². The zero-order valence-electron chi connectivity index (χ0n) is 13.2. The van der Waals surface area contributed by atoms with Gasteiger partial charge in [0.05, 0.1) is 0 Å². The number of aliphatic carboxylic acids is 1. The van der Waals surface area contributed by atoms with Crippen molar-refractivity contribution < 1.29 is 14.3 Å². The van der Waals surface area contributed by atoms with Crippen molar-refractivity contribution in [2.75, 3.05) is 0 Å². The van der Waals surface area contributed by atoms with Crippen molar-refractivity contribution in [3.05, 3.63) is 46.4 Å². The number of hydrogen-bond acceptors (Lipinski definition) is 5. The van der Waals surface area contributed by atoms with Crippen LogP contribution in [0, 0.1) is 12.7 Å². The second-order valence-corrected chi connectivity index (χ2v) is 8.34. The van der Waals surface area contributed by atoms with Gasteiger partial charge in [0, 0.05) is 4.88 Å². The van der Waals surface area contributed by atoms with E-state index in [2.05, 4.69) is 26.1 Å².